The van der Waals surface area contributed by atoms with Crippen LogP contribution in [0.25, 0.3) is 0 Å². The van der Waals surface area contributed by atoms with Gasteiger partial charge in [-0.1, -0.05) is 0 Å². The summed E-state index contributed by atoms with van der Waals surface area (Å²) in [5.41, 5.74) is 11.1. The highest BCUT2D eigenvalue weighted by atomic mass is 16.5. The molecule has 0 bridgehead atoms. The van der Waals surface area contributed by atoms with Gasteiger partial charge in [-0.05, 0) is 12.8 Å². The number of carbonyl (C=O) groups is 2. The highest BCUT2D eigenvalue weighted by Crippen LogP contribution is 2.21. The van der Waals surface area contributed by atoms with Crippen LogP contribution in [0.1, 0.15) is 12.8 Å². The third-order valence-electron chi connectivity index (χ3n) is 3.65. The van der Waals surface area contributed by atoms with Crippen molar-refractivity contribution in [1.82, 2.24) is 4.90 Å². The zero-order chi connectivity index (χ0) is 12.4. The first kappa shape index (κ1) is 12.3. The molecule has 6 nitrogen and oxygen atoms in total. The summed E-state index contributed by atoms with van der Waals surface area (Å²) in [5, 5.41) is 0. The van der Waals surface area contributed by atoms with Crippen molar-refractivity contribution in [2.75, 3.05) is 26.3 Å². The number of primary amides is 1. The molecular formula is C11H19N3O3. The molecule has 2 rings (SSSR count). The monoisotopic (exact) mass is 241 g/mol. The zero-order valence-electron chi connectivity index (χ0n) is 9.80. The van der Waals surface area contributed by atoms with Crippen LogP contribution >= 0.6 is 0 Å². The van der Waals surface area contributed by atoms with Crippen molar-refractivity contribution in [2.45, 2.75) is 18.9 Å². The van der Waals surface area contributed by atoms with Gasteiger partial charge in [-0.3, -0.25) is 9.59 Å². The van der Waals surface area contributed by atoms with Crippen molar-refractivity contribution in [3.63, 3.8) is 0 Å². The first-order valence-electron chi connectivity index (χ1n) is 6.01. The van der Waals surface area contributed by atoms with Crippen LogP contribution in [0.5, 0.6) is 0 Å². The van der Waals surface area contributed by atoms with Gasteiger partial charge in [0.1, 0.15) is 0 Å². The van der Waals surface area contributed by atoms with Crippen LogP contribution in [0.4, 0.5) is 0 Å². The number of ether oxygens (including phenoxy) is 1. The van der Waals surface area contributed by atoms with Crippen LogP contribution < -0.4 is 11.5 Å². The lowest BCUT2D eigenvalue weighted by atomic mass is 9.94. The molecule has 0 spiro atoms. The molecule has 0 aromatic rings. The summed E-state index contributed by atoms with van der Waals surface area (Å²) < 4.78 is 5.19. The van der Waals surface area contributed by atoms with Crippen LogP contribution in [0, 0.1) is 11.8 Å². The lowest BCUT2D eigenvalue weighted by Gasteiger charge is -2.32. The molecule has 0 radical (unpaired) electrons. The Morgan fingerprint density at radius 3 is 2.29 bits per heavy atom. The summed E-state index contributed by atoms with van der Waals surface area (Å²) in [5.74, 6) is -0.524. The van der Waals surface area contributed by atoms with Crippen molar-refractivity contribution < 1.29 is 14.3 Å². The fraction of sp³-hybridized carbons (Fsp3) is 0.818. The van der Waals surface area contributed by atoms with E-state index in [4.69, 9.17) is 16.2 Å². The van der Waals surface area contributed by atoms with Gasteiger partial charge in [-0.25, -0.2) is 0 Å². The van der Waals surface area contributed by atoms with E-state index in [1.54, 1.807) is 4.90 Å². The second-order valence-electron chi connectivity index (χ2n) is 4.81. The van der Waals surface area contributed by atoms with Gasteiger partial charge in [-0.2, -0.15) is 0 Å². The average molecular weight is 241 g/mol. The quantitative estimate of drug-likeness (QED) is 0.626. The van der Waals surface area contributed by atoms with Crippen LogP contribution in [-0.2, 0) is 14.3 Å². The Morgan fingerprint density at radius 2 is 1.82 bits per heavy atom. The number of piperidine rings is 1. The number of hydrogen-bond donors (Lipinski definition) is 2. The van der Waals surface area contributed by atoms with E-state index >= 15 is 0 Å². The standard InChI is InChI=1S/C11H19N3O3/c12-9-6-17-5-8(9)11(16)14-3-1-7(2-4-14)10(13)15/h7-9H,1-6,12H2,(H2,13,15). The van der Waals surface area contributed by atoms with Gasteiger partial charge in [0.2, 0.25) is 11.8 Å². The van der Waals surface area contributed by atoms with E-state index in [0.717, 1.165) is 0 Å². The van der Waals surface area contributed by atoms with Gasteiger partial charge < -0.3 is 21.1 Å². The molecule has 2 amide bonds. The molecule has 2 aliphatic heterocycles. The van der Waals surface area contributed by atoms with Crippen LogP contribution in [0.3, 0.4) is 0 Å². The molecule has 0 aliphatic carbocycles. The van der Waals surface area contributed by atoms with Gasteiger partial charge in [-0.15, -0.1) is 0 Å². The summed E-state index contributed by atoms with van der Waals surface area (Å²) in [7, 11) is 0. The van der Waals surface area contributed by atoms with Crippen molar-refractivity contribution >= 4 is 11.8 Å². The zero-order valence-corrected chi connectivity index (χ0v) is 9.80. The molecular weight excluding hydrogens is 222 g/mol. The molecule has 2 atom stereocenters. The van der Waals surface area contributed by atoms with E-state index in [2.05, 4.69) is 0 Å². The maximum Gasteiger partial charge on any atom is 0.229 e. The molecule has 96 valence electrons. The predicted molar refractivity (Wildman–Crippen MR) is 60.8 cm³/mol. The fourth-order valence-corrected chi connectivity index (χ4v) is 2.44. The molecule has 4 N–H and O–H groups in total. The Bertz CT molecular complexity index is 313. The number of amides is 2. The van der Waals surface area contributed by atoms with Crippen LogP contribution in [0.15, 0.2) is 0 Å². The van der Waals surface area contributed by atoms with Crippen LogP contribution in [-0.4, -0.2) is 49.1 Å². The van der Waals surface area contributed by atoms with E-state index in [-0.39, 0.29) is 29.7 Å². The largest absolute Gasteiger partial charge is 0.379 e. The molecule has 2 aliphatic rings. The first-order valence-corrected chi connectivity index (χ1v) is 6.01. The third kappa shape index (κ3) is 2.58. The van der Waals surface area contributed by atoms with E-state index in [1.165, 1.54) is 0 Å². The van der Waals surface area contributed by atoms with Crippen molar-refractivity contribution in [3.05, 3.63) is 0 Å². The van der Waals surface area contributed by atoms with E-state index in [0.29, 0.717) is 39.1 Å². The van der Waals surface area contributed by atoms with Crippen molar-refractivity contribution in [2.24, 2.45) is 23.3 Å². The van der Waals surface area contributed by atoms with Crippen molar-refractivity contribution in [3.8, 4) is 0 Å². The number of nitrogens with two attached hydrogens (primary N) is 2. The molecule has 2 heterocycles. The highest BCUT2D eigenvalue weighted by Gasteiger charge is 2.36. The van der Waals surface area contributed by atoms with Crippen LogP contribution in [0.2, 0.25) is 0 Å². The normalized spacial score (nSPS) is 30.5. The number of likely N-dealkylation sites (tertiary alicyclic amines) is 1. The van der Waals surface area contributed by atoms with Gasteiger partial charge in [0.05, 0.1) is 19.1 Å². The van der Waals surface area contributed by atoms with Gasteiger partial charge in [0.15, 0.2) is 0 Å². The smallest absolute Gasteiger partial charge is 0.229 e. The molecule has 2 saturated heterocycles. The maximum absolute atomic E-state index is 12.1. The molecule has 0 aromatic heterocycles. The Labute approximate surface area is 100 Å². The van der Waals surface area contributed by atoms with Crippen molar-refractivity contribution in [1.29, 1.82) is 0 Å². The molecule has 0 saturated carbocycles. The fourth-order valence-electron chi connectivity index (χ4n) is 2.44. The van der Waals surface area contributed by atoms with E-state index in [9.17, 15) is 9.59 Å². The number of hydrogen-bond acceptors (Lipinski definition) is 4. The summed E-state index contributed by atoms with van der Waals surface area (Å²) in [4.78, 5) is 24.9. The Balaban J connectivity index is 1.88. The van der Waals surface area contributed by atoms with Gasteiger partial charge in [0.25, 0.3) is 0 Å². The SMILES string of the molecule is NC(=O)C1CCN(C(=O)C2COCC2N)CC1. The van der Waals surface area contributed by atoms with E-state index in [1.807, 2.05) is 0 Å². The van der Waals surface area contributed by atoms with Gasteiger partial charge >= 0.3 is 0 Å². The third-order valence-corrected chi connectivity index (χ3v) is 3.65. The molecule has 17 heavy (non-hydrogen) atoms. The lowest BCUT2D eigenvalue weighted by Crippen LogP contribution is -2.47. The number of rotatable bonds is 2. The first-order chi connectivity index (χ1) is 8.09. The Kier molecular flexibility index (Phi) is 3.63. The molecule has 6 heteroatoms. The highest BCUT2D eigenvalue weighted by molar-refractivity contribution is 5.81. The summed E-state index contributed by atoms with van der Waals surface area (Å²) in [6.07, 6.45) is 1.31. The topological polar surface area (TPSA) is 98.7 Å². The minimum absolute atomic E-state index is 0.0536. The maximum atomic E-state index is 12.1. The predicted octanol–water partition coefficient (Wildman–Crippen LogP) is -1.32. The second-order valence-corrected chi connectivity index (χ2v) is 4.81. The summed E-state index contributed by atoms with van der Waals surface area (Å²) >= 11 is 0. The molecule has 2 unspecified atom stereocenters. The minimum Gasteiger partial charge on any atom is -0.379 e. The summed E-state index contributed by atoms with van der Waals surface area (Å²) in [6, 6.07) is -0.198. The van der Waals surface area contributed by atoms with Gasteiger partial charge in [0, 0.05) is 25.0 Å². The lowest BCUT2D eigenvalue weighted by molar-refractivity contribution is -0.138. The second kappa shape index (κ2) is 5.01. The minimum atomic E-state index is -0.266. The number of carbonyl (C=O) groups excluding carboxylic acids is 2. The number of nitrogens with zero attached hydrogens (tertiary/aromatic N) is 1. The average Bonchev–Trinajstić information content (AvgIpc) is 2.74. The molecule has 0 aromatic carbocycles. The van der Waals surface area contributed by atoms with E-state index < -0.39 is 0 Å². The Hall–Kier alpha value is -1.14. The summed E-state index contributed by atoms with van der Waals surface area (Å²) in [6.45, 7) is 2.05. The molecule has 2 fully saturated rings. The Morgan fingerprint density at radius 1 is 1.18 bits per heavy atom.